The van der Waals surface area contributed by atoms with Gasteiger partial charge in [0.25, 0.3) is 0 Å². The fraction of sp³-hybridized carbons (Fsp3) is 0.514. The van der Waals surface area contributed by atoms with Crippen LogP contribution in [0.1, 0.15) is 59.3 Å². The van der Waals surface area contributed by atoms with Gasteiger partial charge in [0.15, 0.2) is 5.28 Å². The van der Waals surface area contributed by atoms with Gasteiger partial charge in [-0.05, 0) is 49.7 Å². The zero-order valence-corrected chi connectivity index (χ0v) is 30.7. The van der Waals surface area contributed by atoms with Gasteiger partial charge in [0.2, 0.25) is 11.8 Å². The van der Waals surface area contributed by atoms with Crippen LogP contribution in [0.15, 0.2) is 47.8 Å². The maximum Gasteiger partial charge on any atom is 0.410 e. The van der Waals surface area contributed by atoms with Gasteiger partial charge in [-0.15, -0.1) is 27.3 Å². The molecule has 4 heterocycles. The summed E-state index contributed by atoms with van der Waals surface area (Å²) in [6.45, 7) is 9.34. The second kappa shape index (κ2) is 13.5. The molecule has 0 unspecified atom stereocenters. The van der Waals surface area contributed by atoms with E-state index in [0.29, 0.717) is 40.2 Å². The lowest BCUT2D eigenvalue weighted by atomic mass is 9.85. The van der Waals surface area contributed by atoms with Crippen LogP contribution >= 0.6 is 18.9 Å². The number of carbonyl (C=O) groups is 3. The minimum atomic E-state index is -3.56. The second-order valence-corrected chi connectivity index (χ2v) is 17.4. The normalized spacial score (nSPS) is 26.0. The molecule has 2 aromatic heterocycles. The summed E-state index contributed by atoms with van der Waals surface area (Å²) in [5, 5.41) is 7.04. The molecule has 2 aliphatic heterocycles. The number of likely N-dealkylation sites (tertiary alicyclic amines) is 1. The molecule has 14 nitrogen and oxygen atoms in total. The number of nitrogens with zero attached hydrogens (tertiary/aromatic N) is 3. The Bertz CT molecular complexity index is 1890. The van der Waals surface area contributed by atoms with Gasteiger partial charge in [-0.3, -0.25) is 14.2 Å². The number of hydrogen-bond acceptors (Lipinski definition) is 12. The van der Waals surface area contributed by atoms with Crippen LogP contribution in [0.2, 0.25) is 0 Å². The standard InChI is InChI=1S/C35H42N5O9PS/c1-6-20-16-35(20,50(44)48-49-50)39-31(41)28-14-23(17-40(28)32(42)30(34(2,3)4)38-33(43)47-21-9-7-8-10-21)46-29-15-26(27-18-51-19-36-27)37-25-13-22(45-5)11-12-24(25)29/h6,11-13,15,18-21,23,28,30H,1,7-10,14,16-17H2,2-5H3,(H,38,43)(H,39,41)/t20-,23-,28+,30-,35+/m1/s1. The molecule has 3 aromatic rings. The van der Waals surface area contributed by atoms with Crippen molar-refractivity contribution < 1.29 is 42.5 Å². The second-order valence-electron chi connectivity index (χ2n) is 14.6. The molecule has 272 valence electrons. The van der Waals surface area contributed by atoms with E-state index in [0.717, 1.165) is 25.7 Å². The number of ether oxygens (including phenoxy) is 3. The minimum Gasteiger partial charge on any atom is -0.497 e. The Kier molecular flexibility index (Phi) is 9.36. The number of amides is 3. The lowest BCUT2D eigenvalue weighted by Crippen LogP contribution is -2.58. The van der Waals surface area contributed by atoms with Crippen LogP contribution in [0.25, 0.3) is 22.3 Å². The predicted octanol–water partition coefficient (Wildman–Crippen LogP) is 5.97. The molecule has 2 saturated carbocycles. The first-order chi connectivity index (χ1) is 24.3. The van der Waals surface area contributed by atoms with Crippen molar-refractivity contribution >= 4 is 47.7 Å². The molecule has 7 rings (SSSR count). The smallest absolute Gasteiger partial charge is 0.410 e. The van der Waals surface area contributed by atoms with E-state index in [1.807, 2.05) is 32.2 Å². The summed E-state index contributed by atoms with van der Waals surface area (Å²) in [4.78, 5) is 52.5. The molecule has 0 radical (unpaired) electrons. The number of rotatable bonds is 11. The van der Waals surface area contributed by atoms with Crippen molar-refractivity contribution in [2.45, 2.75) is 88.9 Å². The Morgan fingerprint density at radius 3 is 2.55 bits per heavy atom. The fourth-order valence-electron chi connectivity index (χ4n) is 7.09. The van der Waals surface area contributed by atoms with E-state index in [2.05, 4.69) is 22.2 Å². The topological polar surface area (TPSA) is 174 Å². The summed E-state index contributed by atoms with van der Waals surface area (Å²) < 4.78 is 40.7. The Hall–Kier alpha value is -4.04. The lowest BCUT2D eigenvalue weighted by molar-refractivity contribution is -0.142. The van der Waals surface area contributed by atoms with Crippen LogP contribution in [0.3, 0.4) is 0 Å². The Balaban J connectivity index is 1.20. The first-order valence-corrected chi connectivity index (χ1v) is 19.6. The zero-order valence-electron chi connectivity index (χ0n) is 29.0. The molecule has 2 N–H and O–H groups in total. The average Bonchev–Trinajstić information content (AvgIpc) is 3.68. The number of alkyl carbamates (subject to hydrolysis) is 1. The van der Waals surface area contributed by atoms with E-state index >= 15 is 0 Å². The highest BCUT2D eigenvalue weighted by Crippen LogP contribution is 2.82. The van der Waals surface area contributed by atoms with Crippen LogP contribution in [0, 0.1) is 11.3 Å². The molecule has 0 bridgehead atoms. The number of fused-ring (bicyclic) bond motifs is 1. The molecular weight excluding hydrogens is 697 g/mol. The number of aromatic nitrogens is 2. The SMILES string of the molecule is C=C[C@@H]1C[C@]1(NC(=O)[C@@H]1C[C@@H](Oc2cc(-c3cscn3)nc3cc(OC)ccc23)CN1C(=O)[C@@H](NC(=O)OC1CCCC1)C(C)(C)C)P1(=O)OO1. The van der Waals surface area contributed by atoms with Crippen LogP contribution in [0.5, 0.6) is 11.5 Å². The minimum absolute atomic E-state index is 0.0252. The number of methoxy groups -OCH3 is 1. The summed E-state index contributed by atoms with van der Waals surface area (Å²) in [6.07, 6.45) is 4.02. The third kappa shape index (κ3) is 6.96. The summed E-state index contributed by atoms with van der Waals surface area (Å²) in [7, 11) is -1.99. The maximum absolute atomic E-state index is 14.5. The molecule has 4 aliphatic rings. The predicted molar refractivity (Wildman–Crippen MR) is 188 cm³/mol. The number of hydrogen-bond donors (Lipinski definition) is 2. The lowest BCUT2D eigenvalue weighted by Gasteiger charge is -2.35. The van der Waals surface area contributed by atoms with Gasteiger partial charge in [-0.1, -0.05) is 26.8 Å². The summed E-state index contributed by atoms with van der Waals surface area (Å²) in [5.74, 6) is -0.232. The summed E-state index contributed by atoms with van der Waals surface area (Å²) >= 11 is 1.44. The number of benzene rings is 1. The molecule has 2 aliphatic carbocycles. The summed E-state index contributed by atoms with van der Waals surface area (Å²) in [5.41, 5.74) is 2.85. The van der Waals surface area contributed by atoms with E-state index in [1.54, 1.807) is 36.9 Å². The molecule has 3 amide bonds. The van der Waals surface area contributed by atoms with E-state index in [9.17, 15) is 18.9 Å². The Labute approximate surface area is 299 Å². The largest absolute Gasteiger partial charge is 0.497 e. The van der Waals surface area contributed by atoms with Crippen LogP contribution in [-0.2, 0) is 28.2 Å². The van der Waals surface area contributed by atoms with Crippen LogP contribution < -0.4 is 20.1 Å². The molecule has 1 aromatic carbocycles. The van der Waals surface area contributed by atoms with Crippen molar-refractivity contribution in [2.24, 2.45) is 11.3 Å². The highest BCUT2D eigenvalue weighted by molar-refractivity contribution is 7.60. The van der Waals surface area contributed by atoms with Crippen molar-refractivity contribution in [1.82, 2.24) is 25.5 Å². The fourth-order valence-corrected chi connectivity index (χ4v) is 9.32. The highest BCUT2D eigenvalue weighted by atomic mass is 32.1. The number of nitrogens with one attached hydrogen (secondary N) is 2. The third-order valence-corrected chi connectivity index (χ3v) is 12.7. The Morgan fingerprint density at radius 1 is 1.16 bits per heavy atom. The monoisotopic (exact) mass is 739 g/mol. The van der Waals surface area contributed by atoms with Crippen LogP contribution in [-0.4, -0.2) is 76.0 Å². The first kappa shape index (κ1) is 35.4. The van der Waals surface area contributed by atoms with Crippen molar-refractivity contribution in [2.75, 3.05) is 13.7 Å². The molecule has 51 heavy (non-hydrogen) atoms. The van der Waals surface area contributed by atoms with Gasteiger partial charge < -0.3 is 29.7 Å². The number of pyridine rings is 1. The zero-order chi connectivity index (χ0) is 36.1. The molecule has 0 spiro atoms. The Morgan fingerprint density at radius 2 is 1.92 bits per heavy atom. The van der Waals surface area contributed by atoms with Crippen molar-refractivity contribution in [1.29, 1.82) is 0 Å². The van der Waals surface area contributed by atoms with Crippen molar-refractivity contribution in [3.63, 3.8) is 0 Å². The number of thiazole rings is 1. The quantitative estimate of drug-likeness (QED) is 0.103. The van der Waals surface area contributed by atoms with Gasteiger partial charge in [-0.2, -0.15) is 0 Å². The molecule has 5 atom stereocenters. The van der Waals surface area contributed by atoms with Gasteiger partial charge in [0, 0.05) is 35.2 Å². The number of carbonyl (C=O) groups excluding carboxylic acids is 3. The molecule has 2 saturated heterocycles. The van der Waals surface area contributed by atoms with E-state index in [1.165, 1.54) is 16.2 Å². The van der Waals surface area contributed by atoms with Crippen LogP contribution in [0.4, 0.5) is 4.79 Å². The first-order valence-electron chi connectivity index (χ1n) is 17.1. The van der Waals surface area contributed by atoms with Crippen molar-refractivity contribution in [3.8, 4) is 22.9 Å². The van der Waals surface area contributed by atoms with E-state index in [-0.39, 0.29) is 25.0 Å². The average molecular weight is 740 g/mol. The molecular formula is C35H42N5O9PS. The van der Waals surface area contributed by atoms with E-state index in [4.69, 9.17) is 28.5 Å². The third-order valence-electron chi connectivity index (χ3n) is 10.1. The van der Waals surface area contributed by atoms with Crippen molar-refractivity contribution in [3.05, 3.63) is 47.8 Å². The van der Waals surface area contributed by atoms with Gasteiger partial charge in [0.05, 0.1) is 36.1 Å². The van der Waals surface area contributed by atoms with Gasteiger partial charge >= 0.3 is 13.7 Å². The maximum atomic E-state index is 14.5. The summed E-state index contributed by atoms with van der Waals surface area (Å²) in [6, 6.07) is 5.18. The van der Waals surface area contributed by atoms with Gasteiger partial charge in [0.1, 0.15) is 35.8 Å². The van der Waals surface area contributed by atoms with Gasteiger partial charge in [-0.25, -0.2) is 14.8 Å². The highest BCUT2D eigenvalue weighted by Gasteiger charge is 2.76. The molecule has 16 heteroatoms. The molecule has 4 fully saturated rings. The van der Waals surface area contributed by atoms with E-state index < -0.39 is 54.4 Å².